The number of nitrogens with zero attached hydrogens (tertiary/aromatic N) is 3. The van der Waals surface area contributed by atoms with Crippen molar-refractivity contribution in [3.63, 3.8) is 0 Å². The molecule has 0 aliphatic rings. The summed E-state index contributed by atoms with van der Waals surface area (Å²) in [5.41, 5.74) is 0. The van der Waals surface area contributed by atoms with Gasteiger partial charge in [-0.3, -0.25) is 4.79 Å². The molecule has 2 N–H and O–H groups in total. The van der Waals surface area contributed by atoms with E-state index >= 15 is 0 Å². The van der Waals surface area contributed by atoms with Gasteiger partial charge in [-0.2, -0.15) is 0 Å². The topological polar surface area (TPSA) is 70.2 Å². The molecule has 1 amide bonds. The van der Waals surface area contributed by atoms with E-state index in [1.807, 2.05) is 31.2 Å². The Morgan fingerprint density at radius 2 is 2.00 bits per heavy atom. The van der Waals surface area contributed by atoms with E-state index in [9.17, 15) is 4.79 Å². The number of anilines is 2. The molecule has 0 aromatic carbocycles. The molecule has 0 saturated heterocycles. The fourth-order valence-corrected chi connectivity index (χ4v) is 2.03. The van der Waals surface area contributed by atoms with Gasteiger partial charge < -0.3 is 15.5 Å². The summed E-state index contributed by atoms with van der Waals surface area (Å²) in [6, 6.07) is 1.88. The molecule has 7 heteroatoms. The number of nitrogens with one attached hydrogen (secondary N) is 2. The molecule has 1 aromatic heterocycles. The molecule has 0 bridgehead atoms. The molecule has 0 atom stereocenters. The predicted octanol–water partition coefficient (Wildman–Crippen LogP) is 1.98. The first kappa shape index (κ1) is 17.6. The molecule has 0 fully saturated rings. The SMILES string of the molecule is CCCNC(=O)CN(C)c1cc(NCCC)nc(SC)n1. The molecule has 0 aliphatic heterocycles. The summed E-state index contributed by atoms with van der Waals surface area (Å²) in [7, 11) is 1.86. The molecular formula is C14H25N5OS. The Kier molecular flexibility index (Phi) is 7.89. The van der Waals surface area contributed by atoms with Gasteiger partial charge in [-0.1, -0.05) is 25.6 Å². The summed E-state index contributed by atoms with van der Waals surface area (Å²) in [5, 5.41) is 6.83. The van der Waals surface area contributed by atoms with Crippen LogP contribution in [0.1, 0.15) is 26.7 Å². The maximum absolute atomic E-state index is 11.8. The summed E-state index contributed by atoms with van der Waals surface area (Å²) in [5.74, 6) is 1.55. The molecular weight excluding hydrogens is 286 g/mol. The molecule has 0 radical (unpaired) electrons. The minimum atomic E-state index is 0.00623. The van der Waals surface area contributed by atoms with Gasteiger partial charge in [-0.05, 0) is 19.1 Å². The minimum absolute atomic E-state index is 0.00623. The van der Waals surface area contributed by atoms with Gasteiger partial charge in [-0.25, -0.2) is 9.97 Å². The Bertz CT molecular complexity index is 455. The normalized spacial score (nSPS) is 10.3. The van der Waals surface area contributed by atoms with Crippen LogP contribution in [0.25, 0.3) is 0 Å². The van der Waals surface area contributed by atoms with Gasteiger partial charge in [-0.15, -0.1) is 0 Å². The lowest BCUT2D eigenvalue weighted by Gasteiger charge is -2.19. The minimum Gasteiger partial charge on any atom is -0.370 e. The van der Waals surface area contributed by atoms with Crippen LogP contribution in [0, 0.1) is 0 Å². The van der Waals surface area contributed by atoms with Gasteiger partial charge in [0.2, 0.25) is 5.91 Å². The second-order valence-electron chi connectivity index (χ2n) is 4.73. The first-order chi connectivity index (χ1) is 10.1. The predicted molar refractivity (Wildman–Crippen MR) is 89.2 cm³/mol. The smallest absolute Gasteiger partial charge is 0.239 e. The quantitative estimate of drug-likeness (QED) is 0.537. The van der Waals surface area contributed by atoms with Crippen molar-refractivity contribution >= 4 is 29.3 Å². The molecule has 118 valence electrons. The van der Waals surface area contributed by atoms with Gasteiger partial charge >= 0.3 is 0 Å². The lowest BCUT2D eigenvalue weighted by Crippen LogP contribution is -2.35. The maximum atomic E-state index is 11.8. The Labute approximate surface area is 131 Å². The fourth-order valence-electron chi connectivity index (χ4n) is 1.66. The number of hydrogen-bond acceptors (Lipinski definition) is 6. The van der Waals surface area contributed by atoms with Crippen LogP contribution in [-0.4, -0.2) is 48.8 Å². The van der Waals surface area contributed by atoms with Crippen LogP contribution in [0.4, 0.5) is 11.6 Å². The van der Waals surface area contributed by atoms with Crippen LogP contribution in [0.2, 0.25) is 0 Å². The molecule has 0 unspecified atom stereocenters. The van der Waals surface area contributed by atoms with Gasteiger partial charge in [0.1, 0.15) is 11.6 Å². The molecule has 21 heavy (non-hydrogen) atoms. The molecule has 0 spiro atoms. The van der Waals surface area contributed by atoms with Crippen molar-refractivity contribution in [1.29, 1.82) is 0 Å². The Morgan fingerprint density at radius 1 is 1.29 bits per heavy atom. The number of amides is 1. The van der Waals surface area contributed by atoms with Crippen LogP contribution in [-0.2, 0) is 4.79 Å². The van der Waals surface area contributed by atoms with Gasteiger partial charge in [0, 0.05) is 26.2 Å². The van der Waals surface area contributed by atoms with Crippen LogP contribution >= 0.6 is 11.8 Å². The van der Waals surface area contributed by atoms with Crippen molar-refractivity contribution in [2.75, 3.05) is 43.2 Å². The molecule has 0 saturated carbocycles. The van der Waals surface area contributed by atoms with E-state index in [0.29, 0.717) is 11.7 Å². The van der Waals surface area contributed by atoms with E-state index in [-0.39, 0.29) is 12.5 Å². The Hall–Kier alpha value is -1.50. The summed E-state index contributed by atoms with van der Waals surface area (Å²) >= 11 is 1.49. The van der Waals surface area contributed by atoms with Crippen LogP contribution in [0.5, 0.6) is 0 Å². The van der Waals surface area contributed by atoms with E-state index in [1.165, 1.54) is 11.8 Å². The third-order valence-corrected chi connectivity index (χ3v) is 3.32. The monoisotopic (exact) mass is 311 g/mol. The van der Waals surface area contributed by atoms with Gasteiger partial charge in [0.25, 0.3) is 0 Å². The van der Waals surface area contributed by atoms with Gasteiger partial charge in [0.05, 0.1) is 6.54 Å². The van der Waals surface area contributed by atoms with Gasteiger partial charge in [0.15, 0.2) is 5.16 Å². The van der Waals surface area contributed by atoms with Crippen molar-refractivity contribution in [1.82, 2.24) is 15.3 Å². The number of thioether (sulfide) groups is 1. The van der Waals surface area contributed by atoms with Crippen LogP contribution in [0.3, 0.4) is 0 Å². The zero-order valence-electron chi connectivity index (χ0n) is 13.3. The lowest BCUT2D eigenvalue weighted by molar-refractivity contribution is -0.119. The third-order valence-electron chi connectivity index (χ3n) is 2.77. The first-order valence-electron chi connectivity index (χ1n) is 7.25. The van der Waals surface area contributed by atoms with Crippen molar-refractivity contribution in [3.05, 3.63) is 6.07 Å². The average molecular weight is 311 g/mol. The highest BCUT2D eigenvalue weighted by atomic mass is 32.2. The Balaban J connectivity index is 2.77. The summed E-state index contributed by atoms with van der Waals surface area (Å²) < 4.78 is 0. The summed E-state index contributed by atoms with van der Waals surface area (Å²) in [4.78, 5) is 22.5. The second-order valence-corrected chi connectivity index (χ2v) is 5.50. The number of likely N-dealkylation sites (N-methyl/N-ethyl adjacent to an activating group) is 1. The molecule has 1 aromatic rings. The molecule has 0 aliphatic carbocycles. The maximum Gasteiger partial charge on any atom is 0.239 e. The average Bonchev–Trinajstić information content (AvgIpc) is 2.50. The van der Waals surface area contributed by atoms with Crippen molar-refractivity contribution in [3.8, 4) is 0 Å². The molecule has 1 rings (SSSR count). The number of rotatable bonds is 9. The zero-order chi connectivity index (χ0) is 15.7. The number of carbonyl (C=O) groups is 1. The number of carbonyl (C=O) groups excluding carboxylic acids is 1. The third kappa shape index (κ3) is 6.20. The number of aromatic nitrogens is 2. The molecule has 1 heterocycles. The van der Waals surface area contributed by atoms with E-state index in [1.54, 1.807) is 0 Å². The standard InChI is InChI=1S/C14H25N5OS/c1-5-7-15-11-9-12(18-14(17-11)21-4)19(3)10-13(20)16-8-6-2/h9H,5-8,10H2,1-4H3,(H,16,20)(H,15,17,18). The highest BCUT2D eigenvalue weighted by Crippen LogP contribution is 2.19. The van der Waals surface area contributed by atoms with E-state index in [4.69, 9.17) is 0 Å². The Morgan fingerprint density at radius 3 is 2.62 bits per heavy atom. The number of hydrogen-bond donors (Lipinski definition) is 2. The lowest BCUT2D eigenvalue weighted by atomic mass is 10.4. The summed E-state index contributed by atoms with van der Waals surface area (Å²) in [6.07, 6.45) is 3.91. The zero-order valence-corrected chi connectivity index (χ0v) is 14.1. The van der Waals surface area contributed by atoms with E-state index in [2.05, 4.69) is 27.5 Å². The van der Waals surface area contributed by atoms with E-state index in [0.717, 1.165) is 31.0 Å². The van der Waals surface area contributed by atoms with Crippen LogP contribution < -0.4 is 15.5 Å². The molecule has 6 nitrogen and oxygen atoms in total. The van der Waals surface area contributed by atoms with Crippen molar-refractivity contribution in [2.24, 2.45) is 0 Å². The highest BCUT2D eigenvalue weighted by molar-refractivity contribution is 7.98. The second kappa shape index (κ2) is 9.44. The van der Waals surface area contributed by atoms with Crippen molar-refractivity contribution < 1.29 is 4.79 Å². The summed E-state index contributed by atoms with van der Waals surface area (Å²) in [6.45, 7) is 6.00. The first-order valence-corrected chi connectivity index (χ1v) is 8.47. The highest BCUT2D eigenvalue weighted by Gasteiger charge is 2.11. The van der Waals surface area contributed by atoms with Crippen LogP contribution in [0.15, 0.2) is 11.2 Å². The fraction of sp³-hybridized carbons (Fsp3) is 0.643. The largest absolute Gasteiger partial charge is 0.370 e. The van der Waals surface area contributed by atoms with Crippen molar-refractivity contribution in [2.45, 2.75) is 31.8 Å². The van der Waals surface area contributed by atoms with E-state index < -0.39 is 0 Å².